The van der Waals surface area contributed by atoms with Crippen LogP contribution in [-0.2, 0) is 4.74 Å². The van der Waals surface area contributed by atoms with Gasteiger partial charge in [0.2, 0.25) is 5.91 Å². The van der Waals surface area contributed by atoms with Gasteiger partial charge in [-0.3, -0.25) is 14.0 Å². The highest BCUT2D eigenvalue weighted by Crippen LogP contribution is 2.23. The van der Waals surface area contributed by atoms with Crippen LogP contribution in [0.25, 0.3) is 16.6 Å². The average Bonchev–Trinajstić information content (AvgIpc) is 3.12. The predicted octanol–water partition coefficient (Wildman–Crippen LogP) is 2.93. The van der Waals surface area contributed by atoms with E-state index in [4.69, 9.17) is 4.74 Å². The molecule has 0 saturated carbocycles. The summed E-state index contributed by atoms with van der Waals surface area (Å²) < 4.78 is 7.71. The number of pyridine rings is 1. The fourth-order valence-corrected chi connectivity index (χ4v) is 3.22. The van der Waals surface area contributed by atoms with Crippen molar-refractivity contribution in [2.45, 2.75) is 20.8 Å². The Hall–Kier alpha value is -4.01. The molecule has 0 bridgehead atoms. The number of ether oxygens (including phenoxy) is 1. The van der Waals surface area contributed by atoms with Crippen molar-refractivity contribution in [1.29, 1.82) is 0 Å². The van der Waals surface area contributed by atoms with Gasteiger partial charge in [0.05, 0.1) is 18.3 Å². The highest BCUT2D eigenvalue weighted by Gasteiger charge is 2.22. The number of esters is 1. The SMILES string of the molecule is CCOC(=O)c1c(Nc2ccc3c(cnn3C(C)=O)c2)nc2ccc(C)cn2c1=O. The highest BCUT2D eigenvalue weighted by molar-refractivity contribution is 5.96. The van der Waals surface area contributed by atoms with E-state index in [-0.39, 0.29) is 23.9 Å². The van der Waals surface area contributed by atoms with Crippen LogP contribution >= 0.6 is 0 Å². The maximum atomic E-state index is 13.0. The zero-order chi connectivity index (χ0) is 21.4. The molecule has 9 heteroatoms. The minimum Gasteiger partial charge on any atom is -0.462 e. The Morgan fingerprint density at radius 2 is 2.00 bits per heavy atom. The van der Waals surface area contributed by atoms with Crippen LogP contribution in [0.15, 0.2) is 47.5 Å². The molecule has 0 unspecified atom stereocenters. The fraction of sp³-hybridized carbons (Fsp3) is 0.190. The molecule has 0 spiro atoms. The number of rotatable bonds is 4. The van der Waals surface area contributed by atoms with E-state index in [0.717, 1.165) is 10.9 Å². The van der Waals surface area contributed by atoms with E-state index in [2.05, 4.69) is 15.4 Å². The first-order chi connectivity index (χ1) is 14.4. The van der Waals surface area contributed by atoms with Gasteiger partial charge in [0.25, 0.3) is 5.56 Å². The van der Waals surface area contributed by atoms with Crippen molar-refractivity contribution < 1.29 is 14.3 Å². The van der Waals surface area contributed by atoms with Gasteiger partial charge in [-0.1, -0.05) is 6.07 Å². The maximum absolute atomic E-state index is 13.0. The monoisotopic (exact) mass is 405 g/mol. The van der Waals surface area contributed by atoms with Crippen LogP contribution in [0.4, 0.5) is 11.5 Å². The second-order valence-electron chi connectivity index (χ2n) is 6.77. The maximum Gasteiger partial charge on any atom is 0.347 e. The lowest BCUT2D eigenvalue weighted by Gasteiger charge is -2.12. The number of nitrogens with one attached hydrogen (secondary N) is 1. The number of aromatic nitrogens is 4. The third kappa shape index (κ3) is 3.30. The van der Waals surface area contributed by atoms with Gasteiger partial charge >= 0.3 is 5.97 Å². The van der Waals surface area contributed by atoms with Crippen molar-refractivity contribution in [3.05, 3.63) is 64.2 Å². The van der Waals surface area contributed by atoms with Gasteiger partial charge < -0.3 is 10.1 Å². The Morgan fingerprint density at radius 1 is 1.20 bits per heavy atom. The van der Waals surface area contributed by atoms with E-state index in [0.29, 0.717) is 16.9 Å². The lowest BCUT2D eigenvalue weighted by molar-refractivity contribution is 0.0524. The molecule has 0 aliphatic rings. The smallest absolute Gasteiger partial charge is 0.347 e. The van der Waals surface area contributed by atoms with Crippen LogP contribution in [0.5, 0.6) is 0 Å². The van der Waals surface area contributed by atoms with E-state index >= 15 is 0 Å². The Kier molecular flexibility index (Phi) is 4.78. The summed E-state index contributed by atoms with van der Waals surface area (Å²) in [6, 6.07) is 8.74. The molecule has 0 aliphatic carbocycles. The molecule has 0 radical (unpaired) electrons. The zero-order valence-electron chi connectivity index (χ0n) is 16.7. The van der Waals surface area contributed by atoms with Crippen LogP contribution in [0.1, 0.15) is 34.6 Å². The summed E-state index contributed by atoms with van der Waals surface area (Å²) in [7, 11) is 0. The van der Waals surface area contributed by atoms with E-state index in [1.165, 1.54) is 16.0 Å². The van der Waals surface area contributed by atoms with Crippen LogP contribution in [0.3, 0.4) is 0 Å². The van der Waals surface area contributed by atoms with E-state index < -0.39 is 11.5 Å². The Balaban J connectivity index is 1.85. The zero-order valence-corrected chi connectivity index (χ0v) is 16.7. The Morgan fingerprint density at radius 3 is 2.73 bits per heavy atom. The number of fused-ring (bicyclic) bond motifs is 2. The number of carbonyl (C=O) groups is 2. The molecule has 3 heterocycles. The van der Waals surface area contributed by atoms with Gasteiger partial charge in [-0.15, -0.1) is 0 Å². The third-order valence-corrected chi connectivity index (χ3v) is 4.58. The summed E-state index contributed by atoms with van der Waals surface area (Å²) in [5.41, 5.74) is 1.79. The number of aryl methyl sites for hydroxylation is 1. The molecule has 152 valence electrons. The summed E-state index contributed by atoms with van der Waals surface area (Å²) >= 11 is 0. The quantitative estimate of drug-likeness (QED) is 0.520. The largest absolute Gasteiger partial charge is 0.462 e. The molecule has 4 rings (SSSR count). The molecule has 9 nitrogen and oxygen atoms in total. The van der Waals surface area contributed by atoms with E-state index in [9.17, 15) is 14.4 Å². The lowest BCUT2D eigenvalue weighted by Crippen LogP contribution is -2.26. The van der Waals surface area contributed by atoms with E-state index in [1.807, 2.05) is 13.0 Å². The molecule has 0 fully saturated rings. The minimum absolute atomic E-state index is 0.0978. The first-order valence-corrected chi connectivity index (χ1v) is 9.35. The molecule has 0 aliphatic heterocycles. The van der Waals surface area contributed by atoms with Crippen LogP contribution in [-0.4, -0.2) is 37.6 Å². The van der Waals surface area contributed by atoms with Crippen LogP contribution < -0.4 is 10.9 Å². The first kappa shape index (κ1) is 19.3. The second kappa shape index (κ2) is 7.43. The average molecular weight is 405 g/mol. The molecule has 3 aromatic heterocycles. The molecule has 0 atom stereocenters. The third-order valence-electron chi connectivity index (χ3n) is 4.58. The summed E-state index contributed by atoms with van der Waals surface area (Å²) in [5.74, 6) is -0.852. The Labute approximate surface area is 170 Å². The molecule has 0 amide bonds. The second-order valence-corrected chi connectivity index (χ2v) is 6.77. The number of nitrogens with zero attached hydrogens (tertiary/aromatic N) is 4. The molecular formula is C21H19N5O4. The van der Waals surface area contributed by atoms with Crippen LogP contribution in [0, 0.1) is 6.92 Å². The summed E-state index contributed by atoms with van der Waals surface area (Å²) in [6.07, 6.45) is 3.19. The van der Waals surface area contributed by atoms with Gasteiger partial charge in [-0.25, -0.2) is 14.5 Å². The number of hydrogen-bond donors (Lipinski definition) is 1. The molecule has 1 aromatic carbocycles. The standard InChI is InChI=1S/C21H19N5O4/c1-4-30-21(29)18-19(24-17-8-5-12(2)11-25(17)20(18)28)23-15-6-7-16-14(9-15)10-22-26(16)13(3)27/h5-11,23H,4H2,1-3H3. The topological polar surface area (TPSA) is 108 Å². The van der Waals surface area contributed by atoms with Gasteiger partial charge in [0, 0.05) is 24.2 Å². The molecule has 30 heavy (non-hydrogen) atoms. The van der Waals surface area contributed by atoms with Crippen LogP contribution in [0.2, 0.25) is 0 Å². The highest BCUT2D eigenvalue weighted by atomic mass is 16.5. The molecular weight excluding hydrogens is 386 g/mol. The van der Waals surface area contributed by atoms with Crippen molar-refractivity contribution >= 4 is 39.9 Å². The summed E-state index contributed by atoms with van der Waals surface area (Å²) in [5, 5.41) is 7.84. The van der Waals surface area contributed by atoms with Crippen molar-refractivity contribution in [2.75, 3.05) is 11.9 Å². The summed E-state index contributed by atoms with van der Waals surface area (Å²) in [6.45, 7) is 5.07. The van der Waals surface area contributed by atoms with Crippen molar-refractivity contribution in [2.24, 2.45) is 0 Å². The van der Waals surface area contributed by atoms with Gasteiger partial charge in [0.15, 0.2) is 11.4 Å². The predicted molar refractivity (Wildman–Crippen MR) is 111 cm³/mol. The van der Waals surface area contributed by atoms with Crippen molar-refractivity contribution in [3.63, 3.8) is 0 Å². The number of benzene rings is 1. The first-order valence-electron chi connectivity index (χ1n) is 9.35. The lowest BCUT2D eigenvalue weighted by atomic mass is 10.2. The van der Waals surface area contributed by atoms with Crippen molar-refractivity contribution in [1.82, 2.24) is 19.2 Å². The number of carbonyl (C=O) groups excluding carboxylic acids is 2. The minimum atomic E-state index is -0.751. The van der Waals surface area contributed by atoms with E-state index in [1.54, 1.807) is 43.6 Å². The molecule has 4 aromatic rings. The summed E-state index contributed by atoms with van der Waals surface area (Å²) in [4.78, 5) is 41.7. The van der Waals surface area contributed by atoms with Gasteiger partial charge in [-0.2, -0.15) is 5.10 Å². The molecule has 0 saturated heterocycles. The van der Waals surface area contributed by atoms with Crippen molar-refractivity contribution in [3.8, 4) is 0 Å². The van der Waals surface area contributed by atoms with Gasteiger partial charge in [-0.05, 0) is 43.7 Å². The fourth-order valence-electron chi connectivity index (χ4n) is 3.22. The molecule has 1 N–H and O–H groups in total. The number of hydrogen-bond acceptors (Lipinski definition) is 7. The number of anilines is 2. The normalized spacial score (nSPS) is 11.0. The van der Waals surface area contributed by atoms with Gasteiger partial charge in [0.1, 0.15) is 5.65 Å². The Bertz CT molecular complexity index is 1370.